The quantitative estimate of drug-likeness (QED) is 0.597. The van der Waals surface area contributed by atoms with Crippen molar-refractivity contribution in [3.63, 3.8) is 0 Å². The van der Waals surface area contributed by atoms with E-state index in [0.29, 0.717) is 11.8 Å². The molecule has 0 aliphatic carbocycles. The van der Waals surface area contributed by atoms with Crippen molar-refractivity contribution in [1.82, 2.24) is 19.6 Å². The van der Waals surface area contributed by atoms with Crippen molar-refractivity contribution in [2.75, 3.05) is 20.6 Å². The first-order chi connectivity index (χ1) is 11.9. The van der Waals surface area contributed by atoms with Crippen molar-refractivity contribution in [1.29, 1.82) is 0 Å². The van der Waals surface area contributed by atoms with Crippen LogP contribution in [0.5, 0.6) is 0 Å². The maximum absolute atomic E-state index is 12.8. The molecule has 2 aliphatic heterocycles. The molecule has 0 bridgehead atoms. The second-order valence-electron chi connectivity index (χ2n) is 6.11. The Balaban J connectivity index is 2.10. The lowest BCUT2D eigenvalue weighted by Gasteiger charge is -2.32. The smallest absolute Gasteiger partial charge is 0.270 e. The summed E-state index contributed by atoms with van der Waals surface area (Å²) in [7, 11) is 3.44. The van der Waals surface area contributed by atoms with E-state index in [1.54, 1.807) is 29.4 Å². The topological polar surface area (TPSA) is 73.8 Å². The molecule has 8 heteroatoms. The zero-order valence-electron chi connectivity index (χ0n) is 15.1. The van der Waals surface area contributed by atoms with Crippen LogP contribution in [0, 0.1) is 0 Å². The highest BCUT2D eigenvalue weighted by Crippen LogP contribution is 2.20. The normalized spacial score (nSPS) is 20.3. The molecule has 2 aliphatic rings. The Kier molecular flexibility index (Phi) is 4.28. The van der Waals surface area contributed by atoms with Gasteiger partial charge < -0.3 is 0 Å². The van der Waals surface area contributed by atoms with Gasteiger partial charge in [0.05, 0.1) is 12.7 Å². The van der Waals surface area contributed by atoms with Gasteiger partial charge in [-0.1, -0.05) is 24.9 Å². The first-order valence-electron chi connectivity index (χ1n) is 8.41. The number of nitrogens with zero attached hydrogens (tertiary/aromatic N) is 6. The zero-order chi connectivity index (χ0) is 18.3. The first-order valence-corrected chi connectivity index (χ1v) is 8.41. The van der Waals surface area contributed by atoms with Crippen LogP contribution in [0.1, 0.15) is 25.2 Å². The van der Waals surface area contributed by atoms with E-state index < -0.39 is 6.04 Å². The predicted octanol–water partition coefficient (Wildman–Crippen LogP) is 0.715. The number of carbonyl (C=O) groups excluding carboxylic acids is 2. The average molecular weight is 343 g/mol. The molecular formula is C17H23N6O2+. The minimum absolute atomic E-state index is 0.178. The molecule has 132 valence electrons. The van der Waals surface area contributed by atoms with Crippen molar-refractivity contribution in [2.24, 2.45) is 4.99 Å². The highest BCUT2D eigenvalue weighted by atomic mass is 16.2. The van der Waals surface area contributed by atoms with Gasteiger partial charge in [0.15, 0.2) is 0 Å². The average Bonchev–Trinajstić information content (AvgIpc) is 3.17. The maximum atomic E-state index is 12.8. The summed E-state index contributed by atoms with van der Waals surface area (Å²) in [5.74, 6) is 0.702. The second-order valence-corrected chi connectivity index (χ2v) is 6.11. The van der Waals surface area contributed by atoms with Gasteiger partial charge in [-0.2, -0.15) is 0 Å². The molecule has 3 rings (SSSR count). The number of urea groups is 1. The third kappa shape index (κ3) is 2.48. The molecule has 1 atom stereocenters. The highest BCUT2D eigenvalue weighted by Gasteiger charge is 2.51. The second kappa shape index (κ2) is 6.27. The molecule has 3 heterocycles. The molecule has 1 saturated heterocycles. The van der Waals surface area contributed by atoms with E-state index in [9.17, 15) is 9.59 Å². The van der Waals surface area contributed by atoms with E-state index in [1.165, 1.54) is 9.80 Å². The van der Waals surface area contributed by atoms with Gasteiger partial charge in [0.25, 0.3) is 5.91 Å². The molecular weight excluding hydrogens is 320 g/mol. The van der Waals surface area contributed by atoms with Crippen LogP contribution in [0.4, 0.5) is 4.79 Å². The summed E-state index contributed by atoms with van der Waals surface area (Å²) in [5, 5.41) is 4.60. The summed E-state index contributed by atoms with van der Waals surface area (Å²) < 4.78 is 3.55. The molecule has 1 aromatic heterocycles. The van der Waals surface area contributed by atoms with Crippen molar-refractivity contribution >= 4 is 23.7 Å². The fourth-order valence-corrected chi connectivity index (χ4v) is 3.15. The van der Waals surface area contributed by atoms with Crippen LogP contribution in [0.2, 0.25) is 0 Å². The lowest BCUT2D eigenvalue weighted by molar-refractivity contribution is -0.507. The molecule has 3 amide bonds. The fourth-order valence-electron chi connectivity index (χ4n) is 3.15. The monoisotopic (exact) mass is 343 g/mol. The number of rotatable bonds is 4. The van der Waals surface area contributed by atoms with Crippen LogP contribution in [0.25, 0.3) is 0 Å². The number of amidine groups is 1. The third-order valence-electron chi connectivity index (χ3n) is 4.58. The lowest BCUT2D eigenvalue weighted by Crippen LogP contribution is -2.62. The summed E-state index contributed by atoms with van der Waals surface area (Å²) in [6, 6.07) is 1.03. The van der Waals surface area contributed by atoms with E-state index in [2.05, 4.69) is 23.6 Å². The summed E-state index contributed by atoms with van der Waals surface area (Å²) >= 11 is 0. The molecule has 0 spiro atoms. The molecule has 1 fully saturated rings. The molecule has 25 heavy (non-hydrogen) atoms. The van der Waals surface area contributed by atoms with Crippen LogP contribution in [0.15, 0.2) is 23.7 Å². The van der Waals surface area contributed by atoms with Crippen LogP contribution < -0.4 is 0 Å². The number of aliphatic imine (C=N–C) groups is 1. The summed E-state index contributed by atoms with van der Waals surface area (Å²) in [6.07, 6.45) is 3.16. The number of carbonyl (C=O) groups is 2. The Bertz CT molecular complexity index is 819. The number of amides is 3. The highest BCUT2D eigenvalue weighted by molar-refractivity contribution is 6.23. The third-order valence-corrected chi connectivity index (χ3v) is 4.58. The fraction of sp³-hybridized carbons (Fsp3) is 0.471. The molecule has 1 unspecified atom stereocenters. The van der Waals surface area contributed by atoms with Crippen molar-refractivity contribution in [3.05, 3.63) is 30.1 Å². The summed E-state index contributed by atoms with van der Waals surface area (Å²) in [6.45, 7) is 7.90. The Morgan fingerprint density at radius 1 is 1.32 bits per heavy atom. The SMILES string of the molecule is C=CCN1C(=O)C2C(=NC(n3nc(CC)cc3CC)=[N+]2C)N(C)C1=O. The molecule has 0 aromatic carbocycles. The van der Waals surface area contributed by atoms with Gasteiger partial charge in [0, 0.05) is 20.0 Å². The van der Waals surface area contributed by atoms with Crippen molar-refractivity contribution in [3.8, 4) is 0 Å². The minimum atomic E-state index is -0.628. The zero-order valence-corrected chi connectivity index (χ0v) is 15.1. The van der Waals surface area contributed by atoms with Gasteiger partial charge in [-0.3, -0.25) is 14.6 Å². The molecule has 0 radical (unpaired) electrons. The first kappa shape index (κ1) is 17.1. The Morgan fingerprint density at radius 3 is 2.64 bits per heavy atom. The molecule has 0 N–H and O–H groups in total. The van der Waals surface area contributed by atoms with Gasteiger partial charge in [0.2, 0.25) is 11.9 Å². The van der Waals surface area contributed by atoms with E-state index in [0.717, 1.165) is 24.2 Å². The Morgan fingerprint density at radius 2 is 2.04 bits per heavy atom. The predicted molar refractivity (Wildman–Crippen MR) is 93.9 cm³/mol. The molecule has 0 saturated carbocycles. The van der Waals surface area contributed by atoms with E-state index >= 15 is 0 Å². The largest absolute Gasteiger partial charge is 0.421 e. The van der Waals surface area contributed by atoms with Crippen LogP contribution in [0.3, 0.4) is 0 Å². The van der Waals surface area contributed by atoms with Gasteiger partial charge in [-0.25, -0.2) is 9.37 Å². The molecule has 8 nitrogen and oxygen atoms in total. The number of hydrogen-bond donors (Lipinski definition) is 0. The lowest BCUT2D eigenvalue weighted by atomic mass is 10.1. The number of aromatic nitrogens is 2. The number of fused-ring (bicyclic) bond motifs is 1. The Labute approximate surface area is 146 Å². The maximum Gasteiger partial charge on any atom is 0.421 e. The van der Waals surface area contributed by atoms with Gasteiger partial charge in [-0.05, 0) is 12.5 Å². The van der Waals surface area contributed by atoms with Crippen molar-refractivity contribution < 1.29 is 14.2 Å². The van der Waals surface area contributed by atoms with E-state index in [-0.39, 0.29) is 18.5 Å². The summed E-state index contributed by atoms with van der Waals surface area (Å²) in [4.78, 5) is 32.5. The number of hydrogen-bond acceptors (Lipinski definition) is 4. The standard InChI is InChI=1S/C17H23N6O2/c1-6-9-22-15(24)13-14(21(5)17(22)25)18-16(20(13)4)23-12(8-3)10-11(7-2)19-23/h6,10,13H,1,7-9H2,2-5H3/q+1. The van der Waals surface area contributed by atoms with Gasteiger partial charge in [-0.15, -0.1) is 16.4 Å². The van der Waals surface area contributed by atoms with Gasteiger partial charge >= 0.3 is 12.0 Å². The molecule has 1 aromatic rings. The van der Waals surface area contributed by atoms with Crippen LogP contribution in [-0.2, 0) is 17.6 Å². The number of likely N-dealkylation sites (N-methyl/N-ethyl adjacent to an activating group) is 2. The van der Waals surface area contributed by atoms with E-state index in [4.69, 9.17) is 0 Å². The van der Waals surface area contributed by atoms with E-state index in [1.807, 2.05) is 13.0 Å². The van der Waals surface area contributed by atoms with Gasteiger partial charge in [0.1, 0.15) is 5.69 Å². The summed E-state index contributed by atoms with van der Waals surface area (Å²) in [5.41, 5.74) is 1.99. The van der Waals surface area contributed by atoms with Crippen LogP contribution in [-0.4, -0.2) is 74.6 Å². The van der Waals surface area contributed by atoms with Crippen LogP contribution >= 0.6 is 0 Å². The minimum Gasteiger partial charge on any atom is -0.270 e. The number of imide groups is 1. The van der Waals surface area contributed by atoms with Crippen molar-refractivity contribution in [2.45, 2.75) is 32.7 Å². The number of aryl methyl sites for hydroxylation is 2. The Hall–Kier alpha value is -2.77.